The number of carboxylic acids is 1. The highest BCUT2D eigenvalue weighted by Crippen LogP contribution is 2.44. The number of benzene rings is 2. The van der Waals surface area contributed by atoms with E-state index in [-0.39, 0.29) is 24.9 Å². The predicted molar refractivity (Wildman–Crippen MR) is 121 cm³/mol. The Morgan fingerprint density at radius 1 is 1.00 bits per heavy atom. The molecule has 32 heavy (non-hydrogen) atoms. The van der Waals surface area contributed by atoms with Crippen LogP contribution < -0.4 is 10.6 Å². The Labute approximate surface area is 188 Å². The fourth-order valence-electron chi connectivity index (χ4n) is 3.90. The quantitative estimate of drug-likeness (QED) is 0.579. The molecule has 0 radical (unpaired) electrons. The maximum atomic E-state index is 12.6. The smallest absolute Gasteiger partial charge is 0.407 e. The molecule has 1 unspecified atom stereocenters. The van der Waals surface area contributed by atoms with Crippen LogP contribution in [0.3, 0.4) is 0 Å². The summed E-state index contributed by atoms with van der Waals surface area (Å²) in [5.74, 6) is -1.68. The normalized spacial score (nSPS) is 13.8. The van der Waals surface area contributed by atoms with Gasteiger partial charge in [0.1, 0.15) is 12.1 Å². The molecule has 1 atom stereocenters. The van der Waals surface area contributed by atoms with Crippen LogP contribution in [0, 0.1) is 5.92 Å². The molecule has 0 aliphatic heterocycles. The lowest BCUT2D eigenvalue weighted by atomic mass is 9.98. The summed E-state index contributed by atoms with van der Waals surface area (Å²) in [4.78, 5) is 36.1. The molecule has 2 aromatic carbocycles. The third kappa shape index (κ3) is 5.10. The fourth-order valence-corrected chi connectivity index (χ4v) is 3.90. The van der Waals surface area contributed by atoms with E-state index in [9.17, 15) is 19.5 Å². The summed E-state index contributed by atoms with van der Waals surface area (Å²) in [6, 6.07) is 15.7. The van der Waals surface area contributed by atoms with Gasteiger partial charge in [-0.25, -0.2) is 9.59 Å². The van der Waals surface area contributed by atoms with Crippen LogP contribution in [0.25, 0.3) is 11.1 Å². The Morgan fingerprint density at radius 3 is 2.03 bits per heavy atom. The molecule has 3 N–H and O–H groups in total. The Kier molecular flexibility index (Phi) is 6.87. The first kappa shape index (κ1) is 23.3. The van der Waals surface area contributed by atoms with E-state index in [1.54, 1.807) is 0 Å². The van der Waals surface area contributed by atoms with Crippen molar-refractivity contribution in [3.63, 3.8) is 0 Å². The summed E-state index contributed by atoms with van der Waals surface area (Å²) < 4.78 is 5.57. The van der Waals surface area contributed by atoms with Crippen LogP contribution in [0.4, 0.5) is 4.79 Å². The van der Waals surface area contributed by atoms with E-state index in [0.29, 0.717) is 0 Å². The third-order valence-corrected chi connectivity index (χ3v) is 5.84. The predicted octanol–water partition coefficient (Wildman–Crippen LogP) is 3.92. The number of carbonyl (C=O) groups is 3. The highest BCUT2D eigenvalue weighted by molar-refractivity contribution is 5.86. The van der Waals surface area contributed by atoms with Gasteiger partial charge in [-0.3, -0.25) is 4.79 Å². The number of carbonyl (C=O) groups excluding carboxylic acids is 2. The number of aliphatic carboxylic acids is 1. The summed E-state index contributed by atoms with van der Waals surface area (Å²) in [6.45, 7) is 6.77. The third-order valence-electron chi connectivity index (χ3n) is 5.84. The SMILES string of the molecule is CC(C)C(CC(=O)NC(C)(C)C(=O)O)NC(=O)OCC1c2ccccc2-c2ccccc21. The van der Waals surface area contributed by atoms with Gasteiger partial charge in [0.25, 0.3) is 0 Å². The molecule has 0 fully saturated rings. The standard InChI is InChI=1S/C25H30N2O5/c1-15(2)21(13-22(28)27-25(3,4)23(29)30)26-24(31)32-14-20-18-11-7-5-9-16(18)17-10-6-8-12-19(17)20/h5-12,15,20-21H,13-14H2,1-4H3,(H,26,31)(H,27,28)(H,29,30). The van der Waals surface area contributed by atoms with E-state index < -0.39 is 29.6 Å². The van der Waals surface area contributed by atoms with Crippen molar-refractivity contribution in [1.82, 2.24) is 10.6 Å². The van der Waals surface area contributed by atoms with Crippen molar-refractivity contribution in [2.75, 3.05) is 6.61 Å². The van der Waals surface area contributed by atoms with Crippen molar-refractivity contribution in [2.24, 2.45) is 5.92 Å². The summed E-state index contributed by atoms with van der Waals surface area (Å²) in [5.41, 5.74) is 3.15. The summed E-state index contributed by atoms with van der Waals surface area (Å²) in [7, 11) is 0. The Bertz CT molecular complexity index is 969. The van der Waals surface area contributed by atoms with Crippen molar-refractivity contribution in [1.29, 1.82) is 0 Å². The molecule has 1 aliphatic rings. The van der Waals surface area contributed by atoms with Gasteiger partial charge in [-0.05, 0) is 42.0 Å². The van der Waals surface area contributed by atoms with Crippen molar-refractivity contribution in [2.45, 2.75) is 51.6 Å². The first-order valence-corrected chi connectivity index (χ1v) is 10.8. The lowest BCUT2D eigenvalue weighted by Gasteiger charge is -2.25. The number of ether oxygens (including phenoxy) is 1. The van der Waals surface area contributed by atoms with Crippen LogP contribution >= 0.6 is 0 Å². The molecule has 0 saturated carbocycles. The number of hydrogen-bond acceptors (Lipinski definition) is 4. The molecule has 2 amide bonds. The molecule has 0 bridgehead atoms. The van der Waals surface area contributed by atoms with Gasteiger partial charge in [-0.2, -0.15) is 0 Å². The maximum absolute atomic E-state index is 12.6. The van der Waals surface area contributed by atoms with Gasteiger partial charge in [0.05, 0.1) is 0 Å². The van der Waals surface area contributed by atoms with Crippen molar-refractivity contribution < 1.29 is 24.2 Å². The zero-order valence-corrected chi connectivity index (χ0v) is 18.8. The topological polar surface area (TPSA) is 105 Å². The van der Waals surface area contributed by atoms with Crippen LogP contribution in [-0.2, 0) is 14.3 Å². The highest BCUT2D eigenvalue weighted by atomic mass is 16.5. The summed E-state index contributed by atoms with van der Waals surface area (Å²) in [6.07, 6.45) is -0.644. The Balaban J connectivity index is 1.62. The van der Waals surface area contributed by atoms with Crippen molar-refractivity contribution >= 4 is 18.0 Å². The van der Waals surface area contributed by atoms with E-state index in [2.05, 4.69) is 22.8 Å². The van der Waals surface area contributed by atoms with Crippen LogP contribution in [0.1, 0.15) is 51.2 Å². The van der Waals surface area contributed by atoms with Gasteiger partial charge in [0, 0.05) is 18.4 Å². The molecular formula is C25H30N2O5. The van der Waals surface area contributed by atoms with Gasteiger partial charge in [0.15, 0.2) is 0 Å². The lowest BCUT2D eigenvalue weighted by Crippen LogP contribution is -2.52. The summed E-state index contributed by atoms with van der Waals surface area (Å²) >= 11 is 0. The van der Waals surface area contributed by atoms with E-state index in [1.807, 2.05) is 50.2 Å². The fraction of sp³-hybridized carbons (Fsp3) is 0.400. The molecule has 7 heteroatoms. The zero-order chi connectivity index (χ0) is 23.5. The molecule has 2 aromatic rings. The van der Waals surface area contributed by atoms with Gasteiger partial charge in [0.2, 0.25) is 5.91 Å². The van der Waals surface area contributed by atoms with E-state index in [0.717, 1.165) is 22.3 Å². The number of nitrogens with one attached hydrogen (secondary N) is 2. The molecule has 7 nitrogen and oxygen atoms in total. The first-order valence-electron chi connectivity index (χ1n) is 10.8. The average molecular weight is 439 g/mol. The van der Waals surface area contributed by atoms with Gasteiger partial charge in [-0.15, -0.1) is 0 Å². The van der Waals surface area contributed by atoms with E-state index >= 15 is 0 Å². The molecule has 170 valence electrons. The van der Waals surface area contributed by atoms with Crippen LogP contribution in [0.5, 0.6) is 0 Å². The van der Waals surface area contributed by atoms with Crippen LogP contribution in [0.15, 0.2) is 48.5 Å². The Morgan fingerprint density at radius 2 is 1.53 bits per heavy atom. The summed E-state index contributed by atoms with van der Waals surface area (Å²) in [5, 5.41) is 14.4. The largest absolute Gasteiger partial charge is 0.480 e. The second kappa shape index (κ2) is 9.42. The lowest BCUT2D eigenvalue weighted by molar-refractivity contribution is -0.146. The second-order valence-corrected chi connectivity index (χ2v) is 9.00. The number of amides is 2. The molecule has 1 aliphatic carbocycles. The molecule has 0 spiro atoms. The van der Waals surface area contributed by atoms with Gasteiger partial charge < -0.3 is 20.5 Å². The number of rotatable bonds is 8. The van der Waals surface area contributed by atoms with Gasteiger partial charge >= 0.3 is 12.1 Å². The molecule has 0 heterocycles. The molecule has 3 rings (SSSR count). The minimum absolute atomic E-state index is 0.0431. The van der Waals surface area contributed by atoms with Crippen molar-refractivity contribution in [3.05, 3.63) is 59.7 Å². The van der Waals surface area contributed by atoms with E-state index in [1.165, 1.54) is 13.8 Å². The average Bonchev–Trinajstić information content (AvgIpc) is 3.05. The first-order chi connectivity index (χ1) is 15.1. The zero-order valence-electron chi connectivity index (χ0n) is 18.8. The Hall–Kier alpha value is -3.35. The molecule has 0 saturated heterocycles. The molecular weight excluding hydrogens is 408 g/mol. The molecule has 0 aromatic heterocycles. The van der Waals surface area contributed by atoms with Crippen LogP contribution in [0.2, 0.25) is 0 Å². The van der Waals surface area contributed by atoms with Gasteiger partial charge in [-0.1, -0.05) is 62.4 Å². The van der Waals surface area contributed by atoms with E-state index in [4.69, 9.17) is 4.74 Å². The monoisotopic (exact) mass is 438 g/mol. The highest BCUT2D eigenvalue weighted by Gasteiger charge is 2.32. The minimum atomic E-state index is -1.39. The minimum Gasteiger partial charge on any atom is -0.480 e. The van der Waals surface area contributed by atoms with Crippen molar-refractivity contribution in [3.8, 4) is 11.1 Å². The second-order valence-electron chi connectivity index (χ2n) is 9.00. The maximum Gasteiger partial charge on any atom is 0.407 e. The number of alkyl carbamates (subject to hydrolysis) is 1. The number of hydrogen-bond donors (Lipinski definition) is 3. The van der Waals surface area contributed by atoms with Crippen LogP contribution in [-0.4, -0.2) is 41.3 Å². The number of fused-ring (bicyclic) bond motifs is 3. The number of carboxylic acid groups (broad SMARTS) is 1.